The highest BCUT2D eigenvalue weighted by Gasteiger charge is 2.22. The molecule has 0 unspecified atom stereocenters. The van der Waals surface area contributed by atoms with Gasteiger partial charge in [0, 0.05) is 28.4 Å². The summed E-state index contributed by atoms with van der Waals surface area (Å²) in [5.74, 6) is 1.24. The van der Waals surface area contributed by atoms with E-state index >= 15 is 0 Å². The zero-order chi connectivity index (χ0) is 34.7. The van der Waals surface area contributed by atoms with Crippen LogP contribution in [0.25, 0.3) is 61.3 Å². The predicted octanol–water partition coefficient (Wildman–Crippen LogP) is 12.0. The topological polar surface area (TPSA) is 50.9 Å². The second-order valence-electron chi connectivity index (χ2n) is 15.6. The molecule has 2 heterocycles. The molecule has 5 aromatic carbocycles. The first-order valence-electron chi connectivity index (χ1n) is 17.3. The van der Waals surface area contributed by atoms with Crippen LogP contribution in [0.5, 0.6) is 5.75 Å². The van der Waals surface area contributed by atoms with Crippen LogP contribution in [0.3, 0.4) is 0 Å². The molecule has 0 bridgehead atoms. The van der Waals surface area contributed by atoms with E-state index in [0.29, 0.717) is 5.92 Å². The highest BCUT2D eigenvalue weighted by Crippen LogP contribution is 2.40. The Morgan fingerprint density at radius 2 is 1.31 bits per heavy atom. The third kappa shape index (κ3) is 6.01. The number of hydrogen-bond acceptors (Lipinski definition) is 3. The number of aromatic nitrogens is 3. The number of para-hydroxylation sites is 1. The van der Waals surface area contributed by atoms with Gasteiger partial charge in [0.2, 0.25) is 0 Å². The molecule has 0 aliphatic heterocycles. The predicted molar refractivity (Wildman–Crippen MR) is 206 cm³/mol. The van der Waals surface area contributed by atoms with Gasteiger partial charge in [0.1, 0.15) is 11.6 Å². The van der Waals surface area contributed by atoms with Gasteiger partial charge in [-0.2, -0.15) is 0 Å². The Labute approximate surface area is 290 Å². The lowest BCUT2D eigenvalue weighted by molar-refractivity contribution is 0.476. The number of phenolic OH excluding ortho intramolecular Hbond substituents is 1. The van der Waals surface area contributed by atoms with Crippen molar-refractivity contribution in [3.8, 4) is 45.1 Å². The Hall–Kier alpha value is -5.22. The summed E-state index contributed by atoms with van der Waals surface area (Å²) in [6.07, 6.45) is 1.87. The number of pyridine rings is 1. The average Bonchev–Trinajstić information content (AvgIpc) is 3.47. The maximum absolute atomic E-state index is 11.3. The van der Waals surface area contributed by atoms with Crippen LogP contribution in [0.2, 0.25) is 0 Å². The van der Waals surface area contributed by atoms with Gasteiger partial charge >= 0.3 is 0 Å². The number of rotatable bonds is 5. The van der Waals surface area contributed by atoms with Crippen molar-refractivity contribution in [2.45, 2.75) is 72.1 Å². The van der Waals surface area contributed by atoms with Crippen molar-refractivity contribution >= 4 is 21.9 Å². The van der Waals surface area contributed by atoms with Crippen molar-refractivity contribution in [2.24, 2.45) is 0 Å². The highest BCUT2D eigenvalue weighted by molar-refractivity contribution is 5.99. The van der Waals surface area contributed by atoms with Crippen LogP contribution < -0.4 is 0 Å². The van der Waals surface area contributed by atoms with Crippen LogP contribution in [0.1, 0.15) is 78.0 Å². The maximum atomic E-state index is 11.3. The second kappa shape index (κ2) is 12.0. The van der Waals surface area contributed by atoms with Gasteiger partial charge in [0.05, 0.1) is 22.1 Å². The van der Waals surface area contributed by atoms with E-state index in [0.717, 1.165) is 66.8 Å². The molecule has 0 saturated carbocycles. The summed E-state index contributed by atoms with van der Waals surface area (Å²) in [6, 6.07) is 38.5. The smallest absolute Gasteiger partial charge is 0.149 e. The molecule has 0 fully saturated rings. The lowest BCUT2D eigenvalue weighted by Crippen LogP contribution is -2.11. The number of hydrogen-bond donors (Lipinski definition) is 1. The third-order valence-electron chi connectivity index (χ3n) is 9.66. The summed E-state index contributed by atoms with van der Waals surface area (Å²) in [5.41, 5.74) is 12.7. The number of aromatic hydroxyl groups is 1. The lowest BCUT2D eigenvalue weighted by atomic mass is 9.84. The minimum absolute atomic E-state index is 0.00522. The SMILES string of the molecule is CC(C)c1ccc(O)c(-c2nc3c(-c4cccc(-c5cc(C(C)(C)C)cc6cccnc56)c4)cccc3n2-c2ccc(C(C)(C)C)cc2)c1. The molecule has 4 heteroatoms. The molecule has 0 spiro atoms. The molecule has 7 aromatic rings. The molecular formula is C45H45N3O. The number of nitrogens with zero attached hydrogens (tertiary/aromatic N) is 3. The molecule has 0 saturated heterocycles. The van der Waals surface area contributed by atoms with Gasteiger partial charge in [0.25, 0.3) is 0 Å². The summed E-state index contributed by atoms with van der Waals surface area (Å²) in [6.45, 7) is 17.8. The van der Waals surface area contributed by atoms with Crippen LogP contribution in [-0.4, -0.2) is 19.6 Å². The molecule has 7 rings (SSSR count). The molecule has 1 N–H and O–H groups in total. The zero-order valence-electron chi connectivity index (χ0n) is 29.8. The van der Waals surface area contributed by atoms with Gasteiger partial charge in [0.15, 0.2) is 0 Å². The molecule has 49 heavy (non-hydrogen) atoms. The maximum Gasteiger partial charge on any atom is 0.149 e. The van der Waals surface area contributed by atoms with Gasteiger partial charge < -0.3 is 5.11 Å². The standard InChI is InChI=1S/C45H45N3O/c1-28(2)29-17-22-40(49)38(26-29)43-47-42-36(15-10-16-39(42)48(43)35-20-18-33(19-21-35)44(3,4)5)30-12-9-13-31(24-30)37-27-34(45(6,7)8)25-32-14-11-23-46-41(32)37/h9-28,49H,1-8H3. The molecular weight excluding hydrogens is 599 g/mol. The first-order valence-corrected chi connectivity index (χ1v) is 17.3. The van der Waals surface area contributed by atoms with E-state index in [9.17, 15) is 5.11 Å². The molecule has 2 aromatic heterocycles. The molecule has 4 nitrogen and oxygen atoms in total. The van der Waals surface area contributed by atoms with Crippen LogP contribution in [0, 0.1) is 0 Å². The summed E-state index contributed by atoms with van der Waals surface area (Å²) in [4.78, 5) is 10.2. The summed E-state index contributed by atoms with van der Waals surface area (Å²) >= 11 is 0. The average molecular weight is 644 g/mol. The molecule has 0 aliphatic rings. The monoisotopic (exact) mass is 643 g/mol. The van der Waals surface area contributed by atoms with E-state index in [1.54, 1.807) is 6.07 Å². The fourth-order valence-corrected chi connectivity index (χ4v) is 6.68. The highest BCUT2D eigenvalue weighted by atomic mass is 16.3. The van der Waals surface area contributed by atoms with Crippen LogP contribution >= 0.6 is 0 Å². The van der Waals surface area contributed by atoms with E-state index < -0.39 is 0 Å². The Morgan fingerprint density at radius 3 is 2.00 bits per heavy atom. The van der Waals surface area contributed by atoms with Gasteiger partial charge in [-0.15, -0.1) is 0 Å². The van der Waals surface area contributed by atoms with Crippen molar-refractivity contribution in [2.75, 3.05) is 0 Å². The normalized spacial score (nSPS) is 12.3. The van der Waals surface area contributed by atoms with Crippen molar-refractivity contribution < 1.29 is 5.11 Å². The van der Waals surface area contributed by atoms with Gasteiger partial charge in [-0.3, -0.25) is 9.55 Å². The summed E-state index contributed by atoms with van der Waals surface area (Å²) in [7, 11) is 0. The quantitative estimate of drug-likeness (QED) is 0.203. The van der Waals surface area contributed by atoms with Crippen molar-refractivity contribution in [1.82, 2.24) is 14.5 Å². The van der Waals surface area contributed by atoms with Crippen LogP contribution in [-0.2, 0) is 10.8 Å². The molecule has 0 amide bonds. The van der Waals surface area contributed by atoms with Gasteiger partial charge in [-0.1, -0.05) is 110 Å². The van der Waals surface area contributed by atoms with Crippen molar-refractivity contribution in [3.05, 3.63) is 132 Å². The van der Waals surface area contributed by atoms with Crippen LogP contribution in [0.15, 0.2) is 115 Å². The number of fused-ring (bicyclic) bond motifs is 2. The Bertz CT molecular complexity index is 2330. The zero-order valence-corrected chi connectivity index (χ0v) is 29.8. The fraction of sp³-hybridized carbons (Fsp3) is 0.244. The van der Waals surface area contributed by atoms with E-state index in [1.807, 2.05) is 18.3 Å². The minimum Gasteiger partial charge on any atom is -0.507 e. The number of phenols is 1. The van der Waals surface area contributed by atoms with E-state index in [2.05, 4.69) is 151 Å². The Kier molecular flexibility index (Phi) is 7.94. The lowest BCUT2D eigenvalue weighted by Gasteiger charge is -2.21. The number of benzene rings is 5. The first kappa shape index (κ1) is 32.3. The van der Waals surface area contributed by atoms with Crippen molar-refractivity contribution in [1.29, 1.82) is 0 Å². The van der Waals surface area contributed by atoms with Gasteiger partial charge in [-0.25, -0.2) is 4.98 Å². The Balaban J connectivity index is 1.46. The minimum atomic E-state index is -0.00522. The van der Waals surface area contributed by atoms with Crippen molar-refractivity contribution in [3.63, 3.8) is 0 Å². The Morgan fingerprint density at radius 1 is 0.612 bits per heavy atom. The van der Waals surface area contributed by atoms with E-state index in [1.165, 1.54) is 11.1 Å². The van der Waals surface area contributed by atoms with Crippen LogP contribution in [0.4, 0.5) is 0 Å². The number of imidazole rings is 1. The second-order valence-corrected chi connectivity index (χ2v) is 15.6. The van der Waals surface area contributed by atoms with E-state index in [4.69, 9.17) is 9.97 Å². The summed E-state index contributed by atoms with van der Waals surface area (Å²) < 4.78 is 2.19. The fourth-order valence-electron chi connectivity index (χ4n) is 6.68. The summed E-state index contributed by atoms with van der Waals surface area (Å²) in [5, 5.41) is 12.4. The molecule has 0 atom stereocenters. The van der Waals surface area contributed by atoms with Gasteiger partial charge in [-0.05, 0) is 99.2 Å². The third-order valence-corrected chi connectivity index (χ3v) is 9.66. The molecule has 246 valence electrons. The largest absolute Gasteiger partial charge is 0.507 e. The molecule has 0 aliphatic carbocycles. The first-order chi connectivity index (χ1) is 23.3. The van der Waals surface area contributed by atoms with E-state index in [-0.39, 0.29) is 16.6 Å². The molecule has 0 radical (unpaired) electrons.